The van der Waals surface area contributed by atoms with Gasteiger partial charge in [-0.05, 0) is 6.92 Å². The van der Waals surface area contributed by atoms with Crippen molar-refractivity contribution in [2.45, 2.75) is 6.92 Å². The molecule has 0 radical (unpaired) electrons. The summed E-state index contributed by atoms with van der Waals surface area (Å²) in [4.78, 5) is 9.82. The number of nitrogens with two attached hydrogens (primary N) is 1. The molecule has 0 saturated carbocycles. The molecule has 4 nitrogen and oxygen atoms in total. The highest BCUT2D eigenvalue weighted by Crippen LogP contribution is 1.78. The Hall–Kier alpha value is -0.870. The Kier molecular flexibility index (Phi) is 6.32. The van der Waals surface area contributed by atoms with Gasteiger partial charge in [-0.3, -0.25) is 4.79 Å². The summed E-state index contributed by atoms with van der Waals surface area (Å²) >= 11 is 0. The molecule has 0 bridgehead atoms. The molecule has 1 fully saturated rings. The Morgan fingerprint density at radius 3 is 1.58 bits per heavy atom. The lowest BCUT2D eigenvalue weighted by molar-refractivity contribution is -0.114. The Labute approximate surface area is 73.2 Å². The van der Waals surface area contributed by atoms with Crippen LogP contribution in [0.15, 0.2) is 12.2 Å². The maximum atomic E-state index is 9.82. The zero-order chi connectivity index (χ0) is 9.40. The third-order valence-corrected chi connectivity index (χ3v) is 1.38. The fraction of sp³-hybridized carbons (Fsp3) is 0.625. The average Bonchev–Trinajstić information content (AvgIpc) is 2.08. The predicted molar refractivity (Wildman–Crippen MR) is 49.7 cm³/mol. The van der Waals surface area contributed by atoms with E-state index in [4.69, 9.17) is 5.73 Å². The van der Waals surface area contributed by atoms with Crippen LogP contribution < -0.4 is 16.4 Å². The van der Waals surface area contributed by atoms with Crippen LogP contribution >= 0.6 is 0 Å². The third kappa shape index (κ3) is 7.24. The van der Waals surface area contributed by atoms with Gasteiger partial charge in [0.1, 0.15) is 0 Å². The standard InChI is InChI=1S/C4H10N2.C4H7NO/c1-2-6-4-3-5-1;1-3(2)4(5)6/h5-6H,1-4H2;1H2,2H3,(H2,5,6). The fourth-order valence-electron chi connectivity index (χ4n) is 0.604. The summed E-state index contributed by atoms with van der Waals surface area (Å²) in [7, 11) is 0. The fourth-order valence-corrected chi connectivity index (χ4v) is 0.604. The zero-order valence-corrected chi connectivity index (χ0v) is 7.52. The van der Waals surface area contributed by atoms with Crippen molar-refractivity contribution < 1.29 is 4.79 Å². The number of primary amides is 1. The molecule has 4 heteroatoms. The quantitative estimate of drug-likeness (QED) is 0.454. The molecule has 4 N–H and O–H groups in total. The van der Waals surface area contributed by atoms with E-state index in [-0.39, 0.29) is 0 Å². The van der Waals surface area contributed by atoms with Crippen LogP contribution in [-0.2, 0) is 4.79 Å². The van der Waals surface area contributed by atoms with Crippen LogP contribution in [0, 0.1) is 0 Å². The predicted octanol–water partition coefficient (Wildman–Crippen LogP) is -0.773. The van der Waals surface area contributed by atoms with Crippen molar-refractivity contribution in [3.05, 3.63) is 12.2 Å². The minimum Gasteiger partial charge on any atom is -0.366 e. The number of rotatable bonds is 1. The number of carbonyl (C=O) groups excluding carboxylic acids is 1. The van der Waals surface area contributed by atoms with Gasteiger partial charge in [0.15, 0.2) is 0 Å². The van der Waals surface area contributed by atoms with Gasteiger partial charge >= 0.3 is 0 Å². The first kappa shape index (κ1) is 11.1. The molecule has 12 heavy (non-hydrogen) atoms. The van der Waals surface area contributed by atoms with Crippen molar-refractivity contribution in [2.24, 2.45) is 5.73 Å². The van der Waals surface area contributed by atoms with E-state index in [1.54, 1.807) is 6.92 Å². The first-order chi connectivity index (χ1) is 5.64. The van der Waals surface area contributed by atoms with Gasteiger partial charge < -0.3 is 16.4 Å². The largest absolute Gasteiger partial charge is 0.366 e. The van der Waals surface area contributed by atoms with Crippen LogP contribution in [0.5, 0.6) is 0 Å². The number of nitrogens with one attached hydrogen (secondary N) is 2. The van der Waals surface area contributed by atoms with Crippen molar-refractivity contribution in [2.75, 3.05) is 26.2 Å². The summed E-state index contributed by atoms with van der Waals surface area (Å²) in [6.07, 6.45) is 0. The Balaban J connectivity index is 0.000000202. The van der Waals surface area contributed by atoms with Crippen LogP contribution in [0.3, 0.4) is 0 Å². The lowest BCUT2D eigenvalue weighted by atomic mass is 10.3. The lowest BCUT2D eigenvalue weighted by Gasteiger charge is -2.11. The number of carbonyl (C=O) groups is 1. The van der Waals surface area contributed by atoms with E-state index in [2.05, 4.69) is 17.2 Å². The van der Waals surface area contributed by atoms with Crippen LogP contribution in [-0.4, -0.2) is 32.1 Å². The Bertz CT molecular complexity index is 129. The van der Waals surface area contributed by atoms with Crippen LogP contribution in [0.4, 0.5) is 0 Å². The topological polar surface area (TPSA) is 67.2 Å². The molecule has 0 aliphatic carbocycles. The second-order valence-corrected chi connectivity index (χ2v) is 2.64. The molecule has 0 aromatic heterocycles. The molecule has 70 valence electrons. The molecule has 1 aliphatic heterocycles. The summed E-state index contributed by atoms with van der Waals surface area (Å²) in [5.74, 6) is -0.435. The smallest absolute Gasteiger partial charge is 0.243 e. The van der Waals surface area contributed by atoms with Crippen molar-refractivity contribution >= 4 is 5.91 Å². The highest BCUT2D eigenvalue weighted by atomic mass is 16.1. The van der Waals surface area contributed by atoms with Gasteiger partial charge in [0.2, 0.25) is 5.91 Å². The van der Waals surface area contributed by atoms with Crippen LogP contribution in [0.1, 0.15) is 6.92 Å². The van der Waals surface area contributed by atoms with Crippen LogP contribution in [0.2, 0.25) is 0 Å². The molecule has 0 aromatic carbocycles. The second-order valence-electron chi connectivity index (χ2n) is 2.64. The Morgan fingerprint density at radius 1 is 1.25 bits per heavy atom. The van der Waals surface area contributed by atoms with Gasteiger partial charge in [0.05, 0.1) is 0 Å². The minimum absolute atomic E-state index is 0.398. The maximum Gasteiger partial charge on any atom is 0.243 e. The SMILES string of the molecule is C1CNCCN1.C=C(C)C(N)=O. The van der Waals surface area contributed by atoms with Crippen molar-refractivity contribution in [3.8, 4) is 0 Å². The van der Waals surface area contributed by atoms with E-state index >= 15 is 0 Å². The highest BCUT2D eigenvalue weighted by molar-refractivity contribution is 5.90. The number of hydrogen-bond donors (Lipinski definition) is 3. The summed E-state index contributed by atoms with van der Waals surface area (Å²) < 4.78 is 0. The summed E-state index contributed by atoms with van der Waals surface area (Å²) in [5, 5.41) is 6.44. The number of hydrogen-bond acceptors (Lipinski definition) is 3. The van der Waals surface area contributed by atoms with E-state index < -0.39 is 5.91 Å². The summed E-state index contributed by atoms with van der Waals surface area (Å²) in [6, 6.07) is 0. The zero-order valence-electron chi connectivity index (χ0n) is 7.52. The Morgan fingerprint density at radius 2 is 1.50 bits per heavy atom. The molecule has 1 saturated heterocycles. The van der Waals surface area contributed by atoms with E-state index in [0.717, 1.165) is 26.2 Å². The molecule has 0 aromatic rings. The van der Waals surface area contributed by atoms with E-state index in [0.29, 0.717) is 5.57 Å². The van der Waals surface area contributed by atoms with Gasteiger partial charge in [-0.2, -0.15) is 0 Å². The van der Waals surface area contributed by atoms with Gasteiger partial charge in [-0.25, -0.2) is 0 Å². The molecule has 0 spiro atoms. The molecule has 1 amide bonds. The maximum absolute atomic E-state index is 9.82. The molecular weight excluding hydrogens is 154 g/mol. The van der Waals surface area contributed by atoms with E-state index in [1.807, 2.05) is 0 Å². The first-order valence-electron chi connectivity index (χ1n) is 4.01. The lowest BCUT2D eigenvalue weighted by Crippen LogP contribution is -2.39. The normalized spacial score (nSPS) is 15.8. The van der Waals surface area contributed by atoms with Crippen molar-refractivity contribution in [1.82, 2.24) is 10.6 Å². The highest BCUT2D eigenvalue weighted by Gasteiger charge is 1.91. The number of amides is 1. The minimum atomic E-state index is -0.435. The molecule has 1 rings (SSSR count). The summed E-state index contributed by atoms with van der Waals surface area (Å²) in [6.45, 7) is 9.41. The van der Waals surface area contributed by atoms with Crippen LogP contribution in [0.25, 0.3) is 0 Å². The molecule has 0 atom stereocenters. The third-order valence-electron chi connectivity index (χ3n) is 1.38. The molecule has 0 unspecified atom stereocenters. The molecular formula is C8H17N3O. The second kappa shape index (κ2) is 6.82. The monoisotopic (exact) mass is 171 g/mol. The molecule has 1 heterocycles. The van der Waals surface area contributed by atoms with Gasteiger partial charge in [-0.1, -0.05) is 6.58 Å². The van der Waals surface area contributed by atoms with Gasteiger partial charge in [0.25, 0.3) is 0 Å². The van der Waals surface area contributed by atoms with Gasteiger partial charge in [0, 0.05) is 31.8 Å². The first-order valence-corrected chi connectivity index (χ1v) is 4.01. The summed E-state index contributed by atoms with van der Waals surface area (Å²) in [5.41, 5.74) is 5.09. The van der Waals surface area contributed by atoms with Crippen molar-refractivity contribution in [1.29, 1.82) is 0 Å². The van der Waals surface area contributed by atoms with E-state index in [9.17, 15) is 4.79 Å². The molecule has 1 aliphatic rings. The van der Waals surface area contributed by atoms with E-state index in [1.165, 1.54) is 0 Å². The number of piperazine rings is 1. The van der Waals surface area contributed by atoms with Crippen molar-refractivity contribution in [3.63, 3.8) is 0 Å². The average molecular weight is 171 g/mol. The van der Waals surface area contributed by atoms with Gasteiger partial charge in [-0.15, -0.1) is 0 Å².